The zero-order valence-corrected chi connectivity index (χ0v) is 16.4. The Morgan fingerprint density at radius 2 is 1.55 bits per heavy atom. The number of carbonyl (C=O) groups is 4. The summed E-state index contributed by atoms with van der Waals surface area (Å²) in [5.74, 6) is -2.14. The van der Waals surface area contributed by atoms with Gasteiger partial charge < -0.3 is 16.4 Å². The summed E-state index contributed by atoms with van der Waals surface area (Å²) in [5, 5.41) is 12.9. The molecule has 150 valence electrons. The van der Waals surface area contributed by atoms with Crippen molar-refractivity contribution in [1.82, 2.24) is 0 Å². The molecule has 29 heavy (non-hydrogen) atoms. The Labute approximate surface area is 171 Å². The Balaban J connectivity index is 2.17. The van der Waals surface area contributed by atoms with Gasteiger partial charge in [-0.3, -0.25) is 19.2 Å². The summed E-state index contributed by atoms with van der Waals surface area (Å²) >= 11 is 6.00. The van der Waals surface area contributed by atoms with Crippen LogP contribution in [0.5, 0.6) is 0 Å². The van der Waals surface area contributed by atoms with E-state index in [9.17, 15) is 19.2 Å². The van der Waals surface area contributed by atoms with E-state index in [2.05, 4.69) is 20.9 Å². The van der Waals surface area contributed by atoms with Gasteiger partial charge in [0.1, 0.15) is 5.69 Å². The van der Waals surface area contributed by atoms with Crippen molar-refractivity contribution >= 4 is 52.2 Å². The molecule has 2 aromatic rings. The van der Waals surface area contributed by atoms with Gasteiger partial charge >= 0.3 is 0 Å². The van der Waals surface area contributed by atoms with Crippen molar-refractivity contribution in [3.05, 3.63) is 53.1 Å². The summed E-state index contributed by atoms with van der Waals surface area (Å²) in [6, 6.07) is 9.03. The molecule has 0 saturated carbocycles. The third-order valence-corrected chi connectivity index (χ3v) is 3.94. The van der Waals surface area contributed by atoms with E-state index in [0.29, 0.717) is 11.4 Å². The second kappa shape index (κ2) is 9.56. The first-order valence-corrected chi connectivity index (χ1v) is 8.74. The normalized spacial score (nSPS) is 11.7. The highest BCUT2D eigenvalue weighted by atomic mass is 35.5. The zero-order chi connectivity index (χ0) is 21.6. The van der Waals surface area contributed by atoms with Gasteiger partial charge in [-0.1, -0.05) is 11.6 Å². The zero-order valence-electron chi connectivity index (χ0n) is 15.6. The van der Waals surface area contributed by atoms with Crippen molar-refractivity contribution in [2.75, 3.05) is 10.6 Å². The Bertz CT molecular complexity index is 989. The molecule has 0 heterocycles. The standard InChI is InChI=1S/C19H18ClN5O4/c1-10(26)17(25-24-16-9-12(18(21)28)3-8-15(16)20)19(29)23-14-6-4-13(5-7-14)22-11(2)27/h3-9,17H,1-2H3,(H2,21,28)(H,22,27)(H,23,29)/t17-/m0/s1. The SMILES string of the molecule is CC(=O)Nc1ccc(NC(=O)[C@@H](N=Nc2cc(C(N)=O)ccc2Cl)C(C)=O)cc1. The number of halogens is 1. The molecule has 0 bridgehead atoms. The van der Waals surface area contributed by atoms with E-state index in [-0.39, 0.29) is 22.2 Å². The maximum absolute atomic E-state index is 12.4. The minimum Gasteiger partial charge on any atom is -0.366 e. The molecule has 0 aliphatic carbocycles. The number of azo groups is 1. The lowest BCUT2D eigenvalue weighted by Gasteiger charge is -2.10. The minimum atomic E-state index is -1.42. The van der Waals surface area contributed by atoms with Crippen LogP contribution in [0.1, 0.15) is 24.2 Å². The number of hydrogen-bond donors (Lipinski definition) is 3. The number of nitrogens with two attached hydrogens (primary N) is 1. The van der Waals surface area contributed by atoms with Crippen molar-refractivity contribution < 1.29 is 19.2 Å². The third-order valence-electron chi connectivity index (χ3n) is 3.62. The molecule has 2 rings (SSSR count). The van der Waals surface area contributed by atoms with Crippen molar-refractivity contribution in [3.8, 4) is 0 Å². The first-order chi connectivity index (χ1) is 13.7. The number of ketones is 1. The highest BCUT2D eigenvalue weighted by Crippen LogP contribution is 2.26. The van der Waals surface area contributed by atoms with Gasteiger partial charge in [0, 0.05) is 23.9 Å². The van der Waals surface area contributed by atoms with E-state index >= 15 is 0 Å². The van der Waals surface area contributed by atoms with Gasteiger partial charge in [-0.25, -0.2) is 0 Å². The molecule has 0 saturated heterocycles. The lowest BCUT2D eigenvalue weighted by atomic mass is 10.2. The quantitative estimate of drug-likeness (QED) is 0.471. The van der Waals surface area contributed by atoms with Gasteiger partial charge in [0.2, 0.25) is 17.9 Å². The molecular formula is C19H18ClN5O4. The van der Waals surface area contributed by atoms with Gasteiger partial charge in [-0.2, -0.15) is 10.2 Å². The predicted molar refractivity (Wildman–Crippen MR) is 108 cm³/mol. The first-order valence-electron chi connectivity index (χ1n) is 8.36. The van der Waals surface area contributed by atoms with Crippen molar-refractivity contribution in [2.45, 2.75) is 19.9 Å². The number of amides is 3. The Morgan fingerprint density at radius 3 is 2.07 bits per heavy atom. The first kappa shape index (κ1) is 21.7. The lowest BCUT2D eigenvalue weighted by molar-refractivity contribution is -0.126. The molecule has 0 aliphatic rings. The van der Waals surface area contributed by atoms with E-state index in [4.69, 9.17) is 17.3 Å². The molecule has 3 amide bonds. The molecule has 10 heteroatoms. The van der Waals surface area contributed by atoms with Gasteiger partial charge in [-0.05, 0) is 49.4 Å². The molecule has 0 aromatic heterocycles. The van der Waals surface area contributed by atoms with Crippen molar-refractivity contribution in [3.63, 3.8) is 0 Å². The van der Waals surface area contributed by atoms with E-state index in [1.807, 2.05) is 0 Å². The maximum Gasteiger partial charge on any atom is 0.258 e. The van der Waals surface area contributed by atoms with Crippen LogP contribution in [0, 0.1) is 0 Å². The van der Waals surface area contributed by atoms with Crippen LogP contribution in [0.15, 0.2) is 52.7 Å². The number of nitrogens with zero attached hydrogens (tertiary/aromatic N) is 2. The molecule has 9 nitrogen and oxygen atoms in total. The molecule has 1 atom stereocenters. The van der Waals surface area contributed by atoms with Crippen LogP contribution in [0.25, 0.3) is 0 Å². The van der Waals surface area contributed by atoms with Crippen LogP contribution in [-0.4, -0.2) is 29.5 Å². The topological polar surface area (TPSA) is 143 Å². The average Bonchev–Trinajstić information content (AvgIpc) is 2.64. The van der Waals surface area contributed by atoms with E-state index in [1.54, 1.807) is 24.3 Å². The third kappa shape index (κ3) is 6.22. The van der Waals surface area contributed by atoms with Crippen LogP contribution < -0.4 is 16.4 Å². The molecule has 0 fully saturated rings. The molecular weight excluding hydrogens is 398 g/mol. The van der Waals surface area contributed by atoms with Crippen LogP contribution in [0.4, 0.5) is 17.1 Å². The van der Waals surface area contributed by atoms with E-state index in [0.717, 1.165) is 0 Å². The van der Waals surface area contributed by atoms with Crippen LogP contribution in [-0.2, 0) is 14.4 Å². The molecule has 0 spiro atoms. The number of carbonyl (C=O) groups excluding carboxylic acids is 4. The Hall–Kier alpha value is -3.59. The monoisotopic (exact) mass is 415 g/mol. The van der Waals surface area contributed by atoms with Crippen molar-refractivity contribution in [2.24, 2.45) is 16.0 Å². The van der Waals surface area contributed by atoms with Gasteiger partial charge in [0.25, 0.3) is 5.91 Å². The summed E-state index contributed by atoms with van der Waals surface area (Å²) < 4.78 is 0. The minimum absolute atomic E-state index is 0.0988. The summed E-state index contributed by atoms with van der Waals surface area (Å²) in [7, 11) is 0. The number of benzene rings is 2. The smallest absolute Gasteiger partial charge is 0.258 e. The van der Waals surface area contributed by atoms with Crippen LogP contribution in [0.3, 0.4) is 0 Å². The fourth-order valence-corrected chi connectivity index (χ4v) is 2.39. The van der Waals surface area contributed by atoms with Gasteiger partial charge in [0.05, 0.1) is 5.02 Å². The molecule has 0 radical (unpaired) electrons. The highest BCUT2D eigenvalue weighted by Gasteiger charge is 2.23. The second-order valence-corrected chi connectivity index (χ2v) is 6.41. The maximum atomic E-state index is 12.4. The van der Waals surface area contributed by atoms with Crippen LogP contribution in [0.2, 0.25) is 5.02 Å². The summed E-state index contributed by atoms with van der Waals surface area (Å²) in [6.45, 7) is 2.58. The number of Topliss-reactive ketones (excluding diaryl/α,β-unsaturated/α-hetero) is 1. The largest absolute Gasteiger partial charge is 0.366 e. The summed E-state index contributed by atoms with van der Waals surface area (Å²) in [4.78, 5) is 46.6. The number of rotatable bonds is 7. The van der Waals surface area contributed by atoms with E-state index < -0.39 is 23.6 Å². The molecule has 4 N–H and O–H groups in total. The number of primary amides is 1. The van der Waals surface area contributed by atoms with Gasteiger partial charge in [-0.15, -0.1) is 0 Å². The second-order valence-electron chi connectivity index (χ2n) is 6.01. The highest BCUT2D eigenvalue weighted by molar-refractivity contribution is 6.33. The molecule has 0 unspecified atom stereocenters. The Morgan fingerprint density at radius 1 is 0.966 bits per heavy atom. The van der Waals surface area contributed by atoms with Crippen LogP contribution >= 0.6 is 11.6 Å². The number of anilines is 2. The lowest BCUT2D eigenvalue weighted by Crippen LogP contribution is -2.31. The summed E-state index contributed by atoms with van der Waals surface area (Å²) in [5.41, 5.74) is 6.43. The number of hydrogen-bond acceptors (Lipinski definition) is 6. The Kier molecular flexibility index (Phi) is 7.15. The predicted octanol–water partition coefficient (Wildman–Crippen LogP) is 3.08. The number of nitrogens with one attached hydrogen (secondary N) is 2. The molecule has 0 aliphatic heterocycles. The fourth-order valence-electron chi connectivity index (χ4n) is 2.23. The average molecular weight is 416 g/mol. The molecule has 2 aromatic carbocycles. The van der Waals surface area contributed by atoms with E-state index in [1.165, 1.54) is 32.0 Å². The fraction of sp³-hybridized carbons (Fsp3) is 0.158. The van der Waals surface area contributed by atoms with Gasteiger partial charge in [0.15, 0.2) is 5.78 Å². The summed E-state index contributed by atoms with van der Waals surface area (Å²) in [6.07, 6.45) is 0. The van der Waals surface area contributed by atoms with Crippen molar-refractivity contribution in [1.29, 1.82) is 0 Å².